The van der Waals surface area contributed by atoms with Crippen LogP contribution in [0.15, 0.2) is 30.3 Å². The van der Waals surface area contributed by atoms with E-state index in [-0.39, 0.29) is 30.3 Å². The Hall–Kier alpha value is -1.24. The summed E-state index contributed by atoms with van der Waals surface area (Å²) < 4.78 is 0. The second-order valence-corrected chi connectivity index (χ2v) is 5.39. The summed E-state index contributed by atoms with van der Waals surface area (Å²) in [7, 11) is 0. The molecule has 2 unspecified atom stereocenters. The van der Waals surface area contributed by atoms with E-state index in [1.165, 1.54) is 0 Å². The number of benzene rings is 1. The molecule has 1 aliphatic rings. The molecule has 7 heteroatoms. The highest BCUT2D eigenvalue weighted by Crippen LogP contribution is 2.10. The van der Waals surface area contributed by atoms with E-state index in [1.54, 1.807) is 18.7 Å². The van der Waals surface area contributed by atoms with Gasteiger partial charge < -0.3 is 10.6 Å². The topological polar surface area (TPSA) is 70.2 Å². The van der Waals surface area contributed by atoms with Crippen molar-refractivity contribution in [2.45, 2.75) is 19.0 Å². The van der Waals surface area contributed by atoms with E-state index in [2.05, 4.69) is 16.0 Å². The largest absolute Gasteiger partial charge is 0.343 e. The van der Waals surface area contributed by atoms with E-state index in [1.807, 2.05) is 30.3 Å². The van der Waals surface area contributed by atoms with Crippen LogP contribution in [0.4, 0.5) is 5.69 Å². The summed E-state index contributed by atoms with van der Waals surface area (Å²) >= 11 is 1.68. The Morgan fingerprint density at radius 1 is 1.35 bits per heavy atom. The molecule has 1 aromatic carbocycles. The van der Waals surface area contributed by atoms with Gasteiger partial charge in [-0.25, -0.2) is 0 Å². The standard InChI is InChI=1S/C13H17N3O2S.ClH/c1-9(15-13(18)11-7-19-8-14-11)12(17)16-10-5-3-2-4-6-10;/h2-6,9,11,14H,7-8H2,1H3,(H,15,18)(H,16,17);1H. The Labute approximate surface area is 128 Å². The number of carbonyl (C=O) groups is 2. The number of hydrogen-bond donors (Lipinski definition) is 3. The minimum absolute atomic E-state index is 0. The van der Waals surface area contributed by atoms with Gasteiger partial charge in [0.25, 0.3) is 0 Å². The first-order valence-electron chi connectivity index (χ1n) is 6.14. The lowest BCUT2D eigenvalue weighted by atomic mass is 10.2. The van der Waals surface area contributed by atoms with Crippen molar-refractivity contribution in [2.24, 2.45) is 0 Å². The van der Waals surface area contributed by atoms with E-state index >= 15 is 0 Å². The molecule has 1 fully saturated rings. The van der Waals surface area contributed by atoms with Crippen LogP contribution in [-0.4, -0.2) is 35.5 Å². The Balaban J connectivity index is 0.00000200. The minimum Gasteiger partial charge on any atom is -0.343 e. The van der Waals surface area contributed by atoms with Crippen LogP contribution in [0.25, 0.3) is 0 Å². The Bertz CT molecular complexity index is 452. The lowest BCUT2D eigenvalue weighted by molar-refractivity contribution is -0.127. The smallest absolute Gasteiger partial charge is 0.246 e. The molecule has 1 heterocycles. The van der Waals surface area contributed by atoms with Crippen molar-refractivity contribution in [1.29, 1.82) is 0 Å². The molecule has 0 aromatic heterocycles. The molecule has 2 amide bonds. The number of carbonyl (C=O) groups excluding carboxylic acids is 2. The van der Waals surface area contributed by atoms with Gasteiger partial charge in [-0.05, 0) is 19.1 Å². The molecule has 5 nitrogen and oxygen atoms in total. The fourth-order valence-electron chi connectivity index (χ4n) is 1.72. The van der Waals surface area contributed by atoms with Gasteiger partial charge in [0.05, 0.1) is 6.04 Å². The van der Waals surface area contributed by atoms with Gasteiger partial charge in [0.2, 0.25) is 11.8 Å². The van der Waals surface area contributed by atoms with Gasteiger partial charge >= 0.3 is 0 Å². The molecule has 3 N–H and O–H groups in total. The Morgan fingerprint density at radius 2 is 2.05 bits per heavy atom. The van der Waals surface area contributed by atoms with Crippen LogP contribution in [-0.2, 0) is 9.59 Å². The second-order valence-electron chi connectivity index (χ2n) is 4.36. The van der Waals surface area contributed by atoms with Crippen LogP contribution < -0.4 is 16.0 Å². The number of nitrogens with one attached hydrogen (secondary N) is 3. The quantitative estimate of drug-likeness (QED) is 0.781. The normalized spacial score (nSPS) is 18.8. The molecular formula is C13H18ClN3O2S. The predicted octanol–water partition coefficient (Wildman–Crippen LogP) is 1.21. The van der Waals surface area contributed by atoms with Gasteiger partial charge in [-0.1, -0.05) is 18.2 Å². The molecule has 2 rings (SSSR count). The average Bonchev–Trinajstić information content (AvgIpc) is 2.93. The average molecular weight is 316 g/mol. The minimum atomic E-state index is -0.555. The number of thioether (sulfide) groups is 1. The maximum absolute atomic E-state index is 11.9. The third-order valence-electron chi connectivity index (χ3n) is 2.83. The molecule has 0 aliphatic carbocycles. The van der Waals surface area contributed by atoms with Crippen LogP contribution in [0.1, 0.15) is 6.92 Å². The van der Waals surface area contributed by atoms with Crippen LogP contribution in [0.2, 0.25) is 0 Å². The van der Waals surface area contributed by atoms with Crippen molar-refractivity contribution in [3.63, 3.8) is 0 Å². The van der Waals surface area contributed by atoms with Crippen LogP contribution in [0.3, 0.4) is 0 Å². The zero-order valence-corrected chi connectivity index (χ0v) is 12.7. The highest BCUT2D eigenvalue weighted by atomic mass is 35.5. The number of amides is 2. The summed E-state index contributed by atoms with van der Waals surface area (Å²) in [6, 6.07) is 8.43. The van der Waals surface area contributed by atoms with E-state index in [9.17, 15) is 9.59 Å². The van der Waals surface area contributed by atoms with Gasteiger partial charge in [0.1, 0.15) is 6.04 Å². The van der Waals surface area contributed by atoms with Crippen LogP contribution in [0.5, 0.6) is 0 Å². The van der Waals surface area contributed by atoms with Crippen molar-refractivity contribution < 1.29 is 9.59 Å². The molecule has 1 saturated heterocycles. The molecule has 1 aliphatic heterocycles. The lowest BCUT2D eigenvalue weighted by Gasteiger charge is -2.16. The van der Waals surface area contributed by atoms with Gasteiger partial charge in [0, 0.05) is 17.3 Å². The fourth-order valence-corrected chi connectivity index (χ4v) is 2.66. The molecule has 20 heavy (non-hydrogen) atoms. The van der Waals surface area contributed by atoms with Crippen molar-refractivity contribution in [1.82, 2.24) is 10.6 Å². The summed E-state index contributed by atoms with van der Waals surface area (Å²) in [6.07, 6.45) is 0. The van der Waals surface area contributed by atoms with Gasteiger partial charge in [-0.3, -0.25) is 14.9 Å². The van der Waals surface area contributed by atoms with Gasteiger partial charge in [-0.2, -0.15) is 0 Å². The number of anilines is 1. The molecule has 1 aromatic rings. The van der Waals surface area contributed by atoms with E-state index < -0.39 is 6.04 Å². The highest BCUT2D eigenvalue weighted by molar-refractivity contribution is 7.99. The molecule has 0 bridgehead atoms. The molecule has 0 radical (unpaired) electrons. The molecule has 0 spiro atoms. The summed E-state index contributed by atoms with van der Waals surface area (Å²) in [5.41, 5.74) is 0.725. The Kier molecular flexibility index (Phi) is 6.84. The number of rotatable bonds is 4. The van der Waals surface area contributed by atoms with Crippen molar-refractivity contribution >= 4 is 41.7 Å². The van der Waals surface area contributed by atoms with Crippen LogP contribution in [0, 0.1) is 0 Å². The first kappa shape index (κ1) is 16.8. The second kappa shape index (κ2) is 8.14. The monoisotopic (exact) mass is 315 g/mol. The van der Waals surface area contributed by atoms with Crippen molar-refractivity contribution in [3.05, 3.63) is 30.3 Å². The summed E-state index contributed by atoms with van der Waals surface area (Å²) in [5, 5.41) is 8.54. The highest BCUT2D eigenvalue weighted by Gasteiger charge is 2.25. The number of halogens is 1. The van der Waals surface area contributed by atoms with E-state index in [0.29, 0.717) is 0 Å². The molecule has 0 saturated carbocycles. The Morgan fingerprint density at radius 3 is 2.65 bits per heavy atom. The maximum Gasteiger partial charge on any atom is 0.246 e. The van der Waals surface area contributed by atoms with Crippen molar-refractivity contribution in [3.8, 4) is 0 Å². The van der Waals surface area contributed by atoms with E-state index in [4.69, 9.17) is 0 Å². The maximum atomic E-state index is 11.9. The number of hydrogen-bond acceptors (Lipinski definition) is 4. The zero-order valence-electron chi connectivity index (χ0n) is 11.1. The third-order valence-corrected chi connectivity index (χ3v) is 3.77. The first-order valence-corrected chi connectivity index (χ1v) is 7.29. The summed E-state index contributed by atoms with van der Waals surface area (Å²) in [4.78, 5) is 23.8. The zero-order chi connectivity index (χ0) is 13.7. The fraction of sp³-hybridized carbons (Fsp3) is 0.385. The molecular weight excluding hydrogens is 298 g/mol. The van der Waals surface area contributed by atoms with Gasteiger partial charge in [-0.15, -0.1) is 24.2 Å². The van der Waals surface area contributed by atoms with E-state index in [0.717, 1.165) is 17.3 Å². The van der Waals surface area contributed by atoms with Gasteiger partial charge in [0.15, 0.2) is 0 Å². The summed E-state index contributed by atoms with van der Waals surface area (Å²) in [6.45, 7) is 1.68. The number of para-hydroxylation sites is 1. The predicted molar refractivity (Wildman–Crippen MR) is 84.2 cm³/mol. The SMILES string of the molecule is CC(NC(=O)C1CSCN1)C(=O)Nc1ccccc1.Cl. The molecule has 110 valence electrons. The summed E-state index contributed by atoms with van der Waals surface area (Å²) in [5.74, 6) is 1.19. The lowest BCUT2D eigenvalue weighted by Crippen LogP contribution is -2.49. The van der Waals surface area contributed by atoms with Crippen LogP contribution >= 0.6 is 24.2 Å². The van der Waals surface area contributed by atoms with Crippen molar-refractivity contribution in [2.75, 3.05) is 16.9 Å². The first-order chi connectivity index (χ1) is 9.16. The third kappa shape index (κ3) is 4.70. The molecule has 2 atom stereocenters.